The molecule has 6 aromatic rings. The summed E-state index contributed by atoms with van der Waals surface area (Å²) in [6.45, 7) is 26.8. The third-order valence-corrected chi connectivity index (χ3v) is 24.4. The van der Waals surface area contributed by atoms with E-state index < -0.39 is 60.7 Å². The molecule has 6 aliphatic heterocycles. The number of likely N-dealkylation sites (tertiary alicyclic amines) is 2. The first-order valence-corrected chi connectivity index (χ1v) is 43.6. The van der Waals surface area contributed by atoms with Gasteiger partial charge in [-0.2, -0.15) is 44.8 Å². The number of nitrogens with one attached hydrogen (secondary N) is 6. The van der Waals surface area contributed by atoms with Gasteiger partial charge in [0.15, 0.2) is 0 Å². The fourth-order valence-corrected chi connectivity index (χ4v) is 15.1. The largest absolute Gasteiger partial charge is 0.495 e. The minimum atomic E-state index is -4.20. The summed E-state index contributed by atoms with van der Waals surface area (Å²) in [5, 5.41) is 55.6. The van der Waals surface area contributed by atoms with Gasteiger partial charge in [0.2, 0.25) is 17.8 Å². The number of pyridine rings is 4. The number of alkyl halides is 3. The summed E-state index contributed by atoms with van der Waals surface area (Å²) >= 11 is 6.15. The van der Waals surface area contributed by atoms with E-state index in [2.05, 4.69) is 123 Å². The van der Waals surface area contributed by atoms with Crippen molar-refractivity contribution >= 4 is 159 Å². The lowest BCUT2D eigenvalue weighted by atomic mass is 9.76. The first kappa shape index (κ1) is 100. The van der Waals surface area contributed by atoms with Crippen molar-refractivity contribution < 1.29 is 79.9 Å². The van der Waals surface area contributed by atoms with E-state index in [0.717, 1.165) is 219 Å². The van der Waals surface area contributed by atoms with Crippen molar-refractivity contribution in [3.63, 3.8) is 0 Å². The number of halogens is 10. The lowest BCUT2D eigenvalue weighted by Crippen LogP contribution is -2.41. The molecule has 4 aliphatic carbocycles. The number of carbonyl (C=O) groups is 2. The molecule has 4 amide bonds. The number of hydrogen-bond acceptors (Lipinski definition) is 22. The molecule has 16 rings (SSSR count). The Labute approximate surface area is 754 Å². The Hall–Kier alpha value is -5.39. The van der Waals surface area contributed by atoms with Crippen LogP contribution >= 0.6 is 93.7 Å². The highest BCUT2D eigenvalue weighted by Crippen LogP contribution is 2.43. The molecule has 120 heavy (non-hydrogen) atoms. The molecule has 38 heteroatoms. The normalized spacial score (nSPS) is 20.6. The number of anilines is 7. The number of benzene rings is 2. The maximum atomic E-state index is 12.9. The second-order valence-electron chi connectivity index (χ2n) is 32.8. The summed E-state index contributed by atoms with van der Waals surface area (Å²) in [5.74, 6) is 2.04. The fraction of sp³-hybridized carbons (Fsp3) is 0.585. The first-order chi connectivity index (χ1) is 56.0. The van der Waals surface area contributed by atoms with Crippen LogP contribution in [0.3, 0.4) is 0 Å². The molecule has 0 spiro atoms. The highest BCUT2D eigenvalue weighted by atomic mass is 127. The SMILES string of the molecule is C1COCCN1.CC[C@@H]1CCN(C(=O)Nc2ccc(C)c(-c3cc(NC4(CO)CC4)nc(N4CCOCC4)c3)c2)C1.Cc1ccc(NC(=O)N2CC[C@@H](CC(F)(F)F)C2)cc1B1OC(C)(C)C(C)(C)O1.Cl.Fc1cc(I)cc(F)n1.NC1(CO)CC1.OCC1(Nc2cc(I)cc(F)n2)CC1.OCC1(Nc2cc(I)cc(N3CCOCC3)n2)CC1.S. The molecule has 10 fully saturated rings. The number of aromatic nitrogens is 4. The number of ether oxygens (including phenoxy) is 3. The van der Waals surface area contributed by atoms with Gasteiger partial charge in [0.1, 0.15) is 29.1 Å². The highest BCUT2D eigenvalue weighted by Gasteiger charge is 2.52. The van der Waals surface area contributed by atoms with E-state index in [0.29, 0.717) is 47.2 Å². The topological polar surface area (TPSA) is 324 Å². The summed E-state index contributed by atoms with van der Waals surface area (Å²) in [6.07, 6.45) is 5.25. The molecule has 0 unspecified atom stereocenters. The zero-order valence-electron chi connectivity index (χ0n) is 69.1. The fourth-order valence-electron chi connectivity index (χ4n) is 13.4. The molecule has 664 valence electrons. The maximum absolute atomic E-state index is 12.9. The van der Waals surface area contributed by atoms with E-state index in [1.54, 1.807) is 18.2 Å². The van der Waals surface area contributed by atoms with Gasteiger partial charge in [-0.25, -0.2) is 24.5 Å². The average molecular weight is 2060 g/mol. The third-order valence-electron chi connectivity index (χ3n) is 22.5. The van der Waals surface area contributed by atoms with Crippen molar-refractivity contribution in [3.05, 3.63) is 125 Å². The number of morpholine rings is 3. The van der Waals surface area contributed by atoms with Crippen LogP contribution in [0.25, 0.3) is 11.1 Å². The number of amides is 4. The average Bonchev–Trinajstić information content (AvgIpc) is 1.64. The van der Waals surface area contributed by atoms with Crippen LogP contribution in [0.15, 0.2) is 84.9 Å². The van der Waals surface area contributed by atoms with Crippen molar-refractivity contribution in [1.29, 1.82) is 0 Å². The number of nitrogens with two attached hydrogens (primary N) is 1. The van der Waals surface area contributed by atoms with Crippen molar-refractivity contribution in [2.75, 3.05) is 168 Å². The van der Waals surface area contributed by atoms with Crippen LogP contribution < -0.4 is 52.9 Å². The van der Waals surface area contributed by atoms with Crippen LogP contribution in [-0.4, -0.2) is 240 Å². The number of aliphatic hydroxyl groups is 4. The van der Waals surface area contributed by atoms with Gasteiger partial charge < -0.3 is 101 Å². The molecule has 4 aromatic heterocycles. The Bertz CT molecular complexity index is 4210. The van der Waals surface area contributed by atoms with Crippen molar-refractivity contribution in [2.45, 2.75) is 165 Å². The lowest BCUT2D eigenvalue weighted by molar-refractivity contribution is -0.143. The number of aryl methyl sites for hydroxylation is 2. The molecule has 2 aromatic carbocycles. The molecule has 2 atom stereocenters. The Morgan fingerprint density at radius 3 is 1.37 bits per heavy atom. The van der Waals surface area contributed by atoms with Gasteiger partial charge in [0, 0.05) is 118 Å². The van der Waals surface area contributed by atoms with E-state index in [4.69, 9.17) is 44.5 Å². The van der Waals surface area contributed by atoms with E-state index >= 15 is 0 Å². The number of hydrogen-bond donors (Lipinski definition) is 11. The lowest BCUT2D eigenvalue weighted by Gasteiger charge is -2.32. The second-order valence-corrected chi connectivity index (χ2v) is 36.5. The molecule has 6 saturated heterocycles. The minimum Gasteiger partial charge on any atom is -0.399 e. The Balaban J connectivity index is 0.000000188. The summed E-state index contributed by atoms with van der Waals surface area (Å²) in [6, 6.07) is 24.8. The number of urea groups is 2. The molecule has 0 radical (unpaired) electrons. The summed E-state index contributed by atoms with van der Waals surface area (Å²) in [4.78, 5) is 49.4. The van der Waals surface area contributed by atoms with E-state index in [9.17, 15) is 46.1 Å². The predicted molar refractivity (Wildman–Crippen MR) is 489 cm³/mol. The predicted octanol–water partition coefficient (Wildman–Crippen LogP) is 13.0. The van der Waals surface area contributed by atoms with Crippen LogP contribution in [0.2, 0.25) is 0 Å². The maximum Gasteiger partial charge on any atom is 0.495 e. The van der Waals surface area contributed by atoms with Gasteiger partial charge in [-0.3, -0.25) is 0 Å². The quantitative estimate of drug-likeness (QED) is 0.0165. The van der Waals surface area contributed by atoms with Crippen molar-refractivity contribution in [2.24, 2.45) is 17.6 Å². The molecule has 12 N–H and O–H groups in total. The van der Waals surface area contributed by atoms with Crippen LogP contribution in [0, 0.1) is 54.2 Å². The standard InChI is InChI=1S/C27H37N5O3.C20H28BF3N2O3.C13H18IN3O2.C9H10FIN2O.C5H2F2IN.2C4H9NO.ClH.H2S/c1-3-20-6-9-32(17-20)26(34)28-22-5-4-19(2)23(16-22)21-14-24(30-27(18-33)7-8-27)29-25(15-21)31-10-12-35-13-11-31;1-13-6-7-15(10-16(13)21-28-18(2,3)19(4,5)29-21)25-17(27)26-9-8-14(12-26)11-20(22,23)24;14-10-7-11(16-13(9-18)1-2-13)15-12(8-10)17-3-5-19-6-4-17;10-7-3-6(11)4-8(12-7)13-9(5-14)1-2-9;6-4-1-3(8)2-5(7)9-4;1-3-6-4-2-5-1;5-4(3-6)1-2-4;;/h4-5,14-16,20,33H,3,6-13,17-18H2,1-2H3,(H,28,34)(H,29,30);6-7,10,14H,8-9,11-12H2,1-5H3,(H,25,27);7-8,18H,1-6,9H2,(H,15,16);3-4,14H,1-2,5H2,(H,12,13);1-2H;5H,1-4H2;6H,1-3,5H2;1H;1H2/t20-;14-;;;;;;;/m10......./s1. The van der Waals surface area contributed by atoms with Gasteiger partial charge in [0.05, 0.1) is 93.9 Å². The second kappa shape index (κ2) is 45.2. The summed E-state index contributed by atoms with van der Waals surface area (Å²) < 4.78 is 105. The van der Waals surface area contributed by atoms with Crippen LogP contribution in [-0.2, 0) is 23.5 Å². The zero-order valence-corrected chi connectivity index (χ0v) is 77.3. The van der Waals surface area contributed by atoms with Crippen LogP contribution in [0.1, 0.15) is 123 Å². The summed E-state index contributed by atoms with van der Waals surface area (Å²) in [7, 11) is -0.556. The molecule has 10 heterocycles. The monoisotopic (exact) mass is 2060 g/mol. The summed E-state index contributed by atoms with van der Waals surface area (Å²) in [5.41, 5.74) is 10.0. The molecule has 26 nitrogen and oxygen atoms in total. The van der Waals surface area contributed by atoms with Crippen molar-refractivity contribution in [1.82, 2.24) is 35.1 Å². The number of rotatable bonds is 18. The van der Waals surface area contributed by atoms with E-state index in [-0.39, 0.29) is 87.1 Å². The van der Waals surface area contributed by atoms with E-state index in [1.807, 2.05) is 103 Å². The Kier molecular flexibility index (Phi) is 37.6. The smallest absolute Gasteiger partial charge is 0.399 e. The van der Waals surface area contributed by atoms with Gasteiger partial charge >= 0.3 is 25.4 Å². The van der Waals surface area contributed by atoms with Crippen molar-refractivity contribution in [3.8, 4) is 11.1 Å². The molecule has 0 bridgehead atoms. The van der Waals surface area contributed by atoms with E-state index in [1.165, 1.54) is 11.0 Å². The van der Waals surface area contributed by atoms with Gasteiger partial charge in [-0.15, -0.1) is 12.4 Å². The molecule has 4 saturated carbocycles. The van der Waals surface area contributed by atoms with Gasteiger partial charge in [-0.05, 0) is 262 Å². The minimum absolute atomic E-state index is 0. The first-order valence-electron chi connectivity index (χ1n) is 40.3. The van der Waals surface area contributed by atoms with Gasteiger partial charge in [-0.1, -0.05) is 31.0 Å². The molecular weight excluding hydrogens is 1940 g/mol. The molecular formula is C82H116BClF6I3N15O11S. The molecule has 10 aliphatic rings. The van der Waals surface area contributed by atoms with Crippen LogP contribution in [0.4, 0.5) is 76.4 Å². The number of aliphatic hydroxyl groups excluding tert-OH is 4. The Morgan fingerprint density at radius 2 is 0.967 bits per heavy atom. The highest BCUT2D eigenvalue weighted by molar-refractivity contribution is 14.1. The Morgan fingerprint density at radius 1 is 0.550 bits per heavy atom. The number of carbonyl (C=O) groups excluding carboxylic acids is 2. The third kappa shape index (κ3) is 30.7. The number of nitrogens with zero attached hydrogens (tertiary/aromatic N) is 8. The zero-order chi connectivity index (χ0) is 85.2. The van der Waals surface area contributed by atoms with Gasteiger partial charge in [0.25, 0.3) is 0 Å². The van der Waals surface area contributed by atoms with Crippen LogP contribution in [0.5, 0.6) is 0 Å².